The summed E-state index contributed by atoms with van der Waals surface area (Å²) in [4.78, 5) is 18.8. The highest BCUT2D eigenvalue weighted by Crippen LogP contribution is 2.21. The van der Waals surface area contributed by atoms with E-state index in [2.05, 4.69) is 9.97 Å². The summed E-state index contributed by atoms with van der Waals surface area (Å²) in [6, 6.07) is 6.72. The van der Waals surface area contributed by atoms with E-state index in [0.717, 1.165) is 5.56 Å². The molecule has 0 saturated heterocycles. The van der Waals surface area contributed by atoms with Crippen LogP contribution in [0.1, 0.15) is 16.1 Å². The summed E-state index contributed by atoms with van der Waals surface area (Å²) in [7, 11) is 0. The molecule has 18 heavy (non-hydrogen) atoms. The highest BCUT2D eigenvalue weighted by molar-refractivity contribution is 5.92. The number of aliphatic hydroxyl groups is 1. The molecule has 0 aliphatic rings. The SMILES string of the molecule is NC(=O)c1nccnc1Oc1ccc(CO)cc1. The first-order valence-electron chi connectivity index (χ1n) is 5.19. The Kier molecular flexibility index (Phi) is 3.49. The number of benzene rings is 1. The molecule has 6 heteroatoms. The fourth-order valence-corrected chi connectivity index (χ4v) is 1.34. The topological polar surface area (TPSA) is 98.3 Å². The van der Waals surface area contributed by atoms with Gasteiger partial charge in [-0.05, 0) is 17.7 Å². The summed E-state index contributed by atoms with van der Waals surface area (Å²) in [5, 5.41) is 8.91. The van der Waals surface area contributed by atoms with Crippen LogP contribution in [0.15, 0.2) is 36.7 Å². The third kappa shape index (κ3) is 2.61. The lowest BCUT2D eigenvalue weighted by atomic mass is 10.2. The molecule has 0 aliphatic heterocycles. The van der Waals surface area contributed by atoms with Gasteiger partial charge in [-0.25, -0.2) is 9.97 Å². The number of carbonyl (C=O) groups is 1. The second kappa shape index (κ2) is 5.24. The van der Waals surface area contributed by atoms with Gasteiger partial charge in [-0.1, -0.05) is 12.1 Å². The van der Waals surface area contributed by atoms with Crippen LogP contribution in [-0.4, -0.2) is 21.0 Å². The Hall–Kier alpha value is -2.47. The van der Waals surface area contributed by atoms with Crippen molar-refractivity contribution in [3.8, 4) is 11.6 Å². The molecule has 0 bridgehead atoms. The number of nitrogens with two attached hydrogens (primary N) is 1. The molecule has 1 aromatic carbocycles. The molecule has 1 aromatic heterocycles. The standard InChI is InChI=1S/C12H11N3O3/c13-11(17)10-12(15-6-5-14-10)18-9-3-1-8(7-16)2-4-9/h1-6,16H,7H2,(H2,13,17). The van der Waals surface area contributed by atoms with Crippen LogP contribution < -0.4 is 10.5 Å². The van der Waals surface area contributed by atoms with Gasteiger partial charge in [0.2, 0.25) is 0 Å². The van der Waals surface area contributed by atoms with Crippen LogP contribution >= 0.6 is 0 Å². The smallest absolute Gasteiger partial charge is 0.272 e. The molecule has 92 valence electrons. The van der Waals surface area contributed by atoms with Crippen LogP contribution in [0.5, 0.6) is 11.6 Å². The number of aromatic nitrogens is 2. The number of amides is 1. The predicted molar refractivity (Wildman–Crippen MR) is 63.0 cm³/mol. The van der Waals surface area contributed by atoms with Gasteiger partial charge in [0.15, 0.2) is 5.69 Å². The van der Waals surface area contributed by atoms with Gasteiger partial charge < -0.3 is 15.6 Å². The number of aliphatic hydroxyl groups excluding tert-OH is 1. The minimum atomic E-state index is -0.704. The molecule has 1 amide bonds. The molecular weight excluding hydrogens is 234 g/mol. The summed E-state index contributed by atoms with van der Waals surface area (Å²) in [5.41, 5.74) is 5.90. The minimum absolute atomic E-state index is 0.0243. The Bertz CT molecular complexity index is 555. The molecule has 0 unspecified atom stereocenters. The fraction of sp³-hybridized carbons (Fsp3) is 0.0833. The molecule has 0 radical (unpaired) electrons. The number of nitrogens with zero attached hydrogens (tertiary/aromatic N) is 2. The van der Waals surface area contributed by atoms with Crippen molar-refractivity contribution in [3.05, 3.63) is 47.9 Å². The van der Waals surface area contributed by atoms with Crippen molar-refractivity contribution < 1.29 is 14.6 Å². The first-order chi connectivity index (χ1) is 8.70. The van der Waals surface area contributed by atoms with Crippen LogP contribution in [0.2, 0.25) is 0 Å². The first-order valence-corrected chi connectivity index (χ1v) is 5.19. The molecule has 0 fully saturated rings. The maximum Gasteiger partial charge on any atom is 0.272 e. The first kappa shape index (κ1) is 12.0. The molecule has 1 heterocycles. The molecule has 0 spiro atoms. The third-order valence-electron chi connectivity index (χ3n) is 2.22. The number of rotatable bonds is 4. The molecule has 0 aliphatic carbocycles. The van der Waals surface area contributed by atoms with Crippen LogP contribution in [-0.2, 0) is 6.61 Å². The largest absolute Gasteiger partial charge is 0.437 e. The molecule has 2 rings (SSSR count). The lowest BCUT2D eigenvalue weighted by Gasteiger charge is -2.07. The zero-order valence-electron chi connectivity index (χ0n) is 9.41. The van der Waals surface area contributed by atoms with E-state index in [1.807, 2.05) is 0 Å². The highest BCUT2D eigenvalue weighted by atomic mass is 16.5. The molecule has 3 N–H and O–H groups in total. The van der Waals surface area contributed by atoms with E-state index < -0.39 is 5.91 Å². The van der Waals surface area contributed by atoms with Gasteiger partial charge >= 0.3 is 0 Å². The second-order valence-corrected chi connectivity index (χ2v) is 3.48. The average molecular weight is 245 g/mol. The maximum absolute atomic E-state index is 11.1. The number of hydrogen-bond acceptors (Lipinski definition) is 5. The number of ether oxygens (including phenoxy) is 1. The van der Waals surface area contributed by atoms with Crippen LogP contribution in [0.25, 0.3) is 0 Å². The summed E-state index contributed by atoms with van der Waals surface area (Å²) in [5.74, 6) is -0.165. The monoisotopic (exact) mass is 245 g/mol. The quantitative estimate of drug-likeness (QED) is 0.832. The lowest BCUT2D eigenvalue weighted by Crippen LogP contribution is -2.14. The van der Waals surface area contributed by atoms with Gasteiger partial charge in [0, 0.05) is 12.4 Å². The maximum atomic E-state index is 11.1. The lowest BCUT2D eigenvalue weighted by molar-refractivity contribution is 0.0992. The highest BCUT2D eigenvalue weighted by Gasteiger charge is 2.12. The number of carbonyl (C=O) groups excluding carboxylic acids is 1. The van der Waals surface area contributed by atoms with Crippen molar-refractivity contribution in [3.63, 3.8) is 0 Å². The average Bonchev–Trinajstić information content (AvgIpc) is 2.40. The van der Waals surface area contributed by atoms with Crippen molar-refractivity contribution in [1.29, 1.82) is 0 Å². The molecule has 0 saturated carbocycles. The Morgan fingerprint density at radius 3 is 2.50 bits per heavy atom. The van der Waals surface area contributed by atoms with Crippen molar-refractivity contribution in [2.75, 3.05) is 0 Å². The van der Waals surface area contributed by atoms with Crippen molar-refractivity contribution >= 4 is 5.91 Å². The molecular formula is C12H11N3O3. The summed E-state index contributed by atoms with van der Waals surface area (Å²) < 4.78 is 5.41. The van der Waals surface area contributed by atoms with E-state index in [1.54, 1.807) is 24.3 Å². The molecule has 2 aromatic rings. The zero-order valence-corrected chi connectivity index (χ0v) is 9.41. The van der Waals surface area contributed by atoms with Crippen LogP contribution in [0, 0.1) is 0 Å². The van der Waals surface area contributed by atoms with Crippen molar-refractivity contribution in [2.24, 2.45) is 5.73 Å². The normalized spacial score (nSPS) is 10.1. The van der Waals surface area contributed by atoms with E-state index in [-0.39, 0.29) is 18.2 Å². The summed E-state index contributed by atoms with van der Waals surface area (Å²) >= 11 is 0. The Morgan fingerprint density at radius 2 is 1.89 bits per heavy atom. The second-order valence-electron chi connectivity index (χ2n) is 3.48. The molecule has 6 nitrogen and oxygen atoms in total. The van der Waals surface area contributed by atoms with Gasteiger partial charge in [-0.3, -0.25) is 4.79 Å². The Labute approximate surface area is 103 Å². The zero-order chi connectivity index (χ0) is 13.0. The van der Waals surface area contributed by atoms with E-state index in [1.165, 1.54) is 12.4 Å². The van der Waals surface area contributed by atoms with Crippen molar-refractivity contribution in [2.45, 2.75) is 6.61 Å². The van der Waals surface area contributed by atoms with Crippen LogP contribution in [0.3, 0.4) is 0 Å². The molecule has 0 atom stereocenters. The van der Waals surface area contributed by atoms with E-state index >= 15 is 0 Å². The number of primary amides is 1. The van der Waals surface area contributed by atoms with Gasteiger partial charge in [0.1, 0.15) is 5.75 Å². The van der Waals surface area contributed by atoms with Gasteiger partial charge in [0.05, 0.1) is 6.61 Å². The predicted octanol–water partition coefficient (Wildman–Crippen LogP) is 0.860. The van der Waals surface area contributed by atoms with Gasteiger partial charge in [0.25, 0.3) is 11.8 Å². The van der Waals surface area contributed by atoms with Crippen LogP contribution in [0.4, 0.5) is 0 Å². The van der Waals surface area contributed by atoms with E-state index in [9.17, 15) is 4.79 Å². The van der Waals surface area contributed by atoms with Gasteiger partial charge in [-0.2, -0.15) is 0 Å². The minimum Gasteiger partial charge on any atom is -0.437 e. The van der Waals surface area contributed by atoms with E-state index in [4.69, 9.17) is 15.6 Å². The van der Waals surface area contributed by atoms with E-state index in [0.29, 0.717) is 5.75 Å². The fourth-order valence-electron chi connectivity index (χ4n) is 1.34. The number of hydrogen-bond donors (Lipinski definition) is 2. The summed E-state index contributed by atoms with van der Waals surface area (Å²) in [6.07, 6.45) is 2.77. The van der Waals surface area contributed by atoms with Crippen molar-refractivity contribution in [1.82, 2.24) is 9.97 Å². The Morgan fingerprint density at radius 1 is 1.22 bits per heavy atom. The van der Waals surface area contributed by atoms with Gasteiger partial charge in [-0.15, -0.1) is 0 Å². The summed E-state index contributed by atoms with van der Waals surface area (Å²) in [6.45, 7) is -0.0437. The third-order valence-corrected chi connectivity index (χ3v) is 2.22. The Balaban J connectivity index is 2.25.